The van der Waals surface area contributed by atoms with Crippen LogP contribution < -0.4 is 16.2 Å². The van der Waals surface area contributed by atoms with Crippen LogP contribution in [0.25, 0.3) is 0 Å². The van der Waals surface area contributed by atoms with Gasteiger partial charge in [0.1, 0.15) is 0 Å². The van der Waals surface area contributed by atoms with Gasteiger partial charge < -0.3 is 0 Å². The average Bonchev–Trinajstić information content (AvgIpc) is 2.53. The molecule has 3 N–H and O–H groups in total. The number of carbonyl (C=O) groups excluding carboxylic acids is 2. The van der Waals surface area contributed by atoms with Gasteiger partial charge in [0, 0.05) is 21.2 Å². The predicted molar refractivity (Wildman–Crippen MR) is 93.6 cm³/mol. The van der Waals surface area contributed by atoms with Gasteiger partial charge >= 0.3 is 0 Å². The molecule has 0 aliphatic heterocycles. The Labute approximate surface area is 147 Å². The number of benzene rings is 2. The fourth-order valence-corrected chi connectivity index (χ4v) is 2.08. The number of amides is 2. The maximum Gasteiger partial charge on any atom is 0.269 e. The number of thiocarbonyl (C=S) groups is 1. The first-order valence-corrected chi connectivity index (χ1v) is 7.55. The van der Waals surface area contributed by atoms with Crippen molar-refractivity contribution in [2.24, 2.45) is 0 Å². The van der Waals surface area contributed by atoms with Crippen molar-refractivity contribution in [2.45, 2.75) is 0 Å². The summed E-state index contributed by atoms with van der Waals surface area (Å²) in [5.74, 6) is -0.855. The molecule has 23 heavy (non-hydrogen) atoms. The van der Waals surface area contributed by atoms with Crippen LogP contribution in [0.3, 0.4) is 0 Å². The number of hydrazine groups is 1. The van der Waals surface area contributed by atoms with E-state index in [1.807, 2.05) is 0 Å². The Hall–Kier alpha value is -2.15. The molecule has 0 aliphatic rings. The second-order valence-corrected chi connectivity index (χ2v) is 5.66. The zero-order chi connectivity index (χ0) is 16.8. The monoisotopic (exact) mass is 367 g/mol. The molecule has 0 unspecified atom stereocenters. The first-order valence-electron chi connectivity index (χ1n) is 6.38. The summed E-state index contributed by atoms with van der Waals surface area (Å²) in [4.78, 5) is 23.8. The topological polar surface area (TPSA) is 70.2 Å². The summed E-state index contributed by atoms with van der Waals surface area (Å²) in [7, 11) is 0. The zero-order valence-electron chi connectivity index (χ0n) is 11.6. The SMILES string of the molecule is O=C(NNC(=S)NC(=O)c1cccc(Cl)c1)c1ccc(Cl)cc1. The van der Waals surface area contributed by atoms with Gasteiger partial charge in [0.15, 0.2) is 5.11 Å². The van der Waals surface area contributed by atoms with Gasteiger partial charge in [-0.05, 0) is 54.7 Å². The molecule has 2 aromatic rings. The molecule has 2 aromatic carbocycles. The zero-order valence-corrected chi connectivity index (χ0v) is 13.9. The summed E-state index contributed by atoms with van der Waals surface area (Å²) in [6.07, 6.45) is 0. The van der Waals surface area contributed by atoms with Crippen molar-refractivity contribution in [1.29, 1.82) is 0 Å². The van der Waals surface area contributed by atoms with Gasteiger partial charge in [-0.2, -0.15) is 0 Å². The summed E-state index contributed by atoms with van der Waals surface area (Å²) >= 11 is 16.5. The van der Waals surface area contributed by atoms with Gasteiger partial charge in [0.25, 0.3) is 11.8 Å². The molecule has 8 heteroatoms. The van der Waals surface area contributed by atoms with Crippen molar-refractivity contribution in [3.8, 4) is 0 Å². The van der Waals surface area contributed by atoms with Crippen LogP contribution in [0.15, 0.2) is 48.5 Å². The molecule has 0 saturated carbocycles. The van der Waals surface area contributed by atoms with E-state index < -0.39 is 11.8 Å². The van der Waals surface area contributed by atoms with Crippen molar-refractivity contribution in [3.63, 3.8) is 0 Å². The molecule has 0 spiro atoms. The minimum absolute atomic E-state index is 0.0442. The summed E-state index contributed by atoms with van der Waals surface area (Å²) < 4.78 is 0. The highest BCUT2D eigenvalue weighted by atomic mass is 35.5. The molecule has 0 saturated heterocycles. The Morgan fingerprint density at radius 1 is 0.826 bits per heavy atom. The lowest BCUT2D eigenvalue weighted by atomic mass is 10.2. The molecule has 0 radical (unpaired) electrons. The van der Waals surface area contributed by atoms with Crippen LogP contribution in [0, 0.1) is 0 Å². The lowest BCUT2D eigenvalue weighted by Crippen LogP contribution is -2.48. The third-order valence-electron chi connectivity index (χ3n) is 2.71. The van der Waals surface area contributed by atoms with Gasteiger partial charge in [0.05, 0.1) is 0 Å². The van der Waals surface area contributed by atoms with Crippen LogP contribution in [0.4, 0.5) is 0 Å². The highest BCUT2D eigenvalue weighted by Crippen LogP contribution is 2.10. The van der Waals surface area contributed by atoms with E-state index in [2.05, 4.69) is 16.2 Å². The number of halogens is 2. The van der Waals surface area contributed by atoms with E-state index in [1.54, 1.807) is 42.5 Å². The lowest BCUT2D eigenvalue weighted by molar-refractivity contribution is 0.0934. The number of carbonyl (C=O) groups is 2. The Morgan fingerprint density at radius 2 is 1.52 bits per heavy atom. The van der Waals surface area contributed by atoms with Gasteiger partial charge in [-0.25, -0.2) is 0 Å². The van der Waals surface area contributed by atoms with Crippen molar-refractivity contribution in [1.82, 2.24) is 16.2 Å². The third-order valence-corrected chi connectivity index (χ3v) is 3.40. The third kappa shape index (κ3) is 5.21. The Morgan fingerprint density at radius 3 is 2.17 bits per heavy atom. The van der Waals surface area contributed by atoms with E-state index in [0.29, 0.717) is 21.2 Å². The fraction of sp³-hybridized carbons (Fsp3) is 0. The normalized spacial score (nSPS) is 9.83. The summed E-state index contributed by atoms with van der Waals surface area (Å²) in [6.45, 7) is 0. The van der Waals surface area contributed by atoms with Gasteiger partial charge in [0.2, 0.25) is 0 Å². The largest absolute Gasteiger partial charge is 0.298 e. The van der Waals surface area contributed by atoms with Crippen molar-refractivity contribution in [3.05, 3.63) is 69.7 Å². The van der Waals surface area contributed by atoms with Crippen molar-refractivity contribution < 1.29 is 9.59 Å². The predicted octanol–water partition coefficient (Wildman–Crippen LogP) is 2.94. The summed E-state index contributed by atoms with van der Waals surface area (Å²) in [5, 5.41) is 3.35. The summed E-state index contributed by atoms with van der Waals surface area (Å²) in [5.41, 5.74) is 5.56. The van der Waals surface area contributed by atoms with Crippen molar-refractivity contribution >= 4 is 52.3 Å². The minimum atomic E-state index is -0.439. The molecule has 0 atom stereocenters. The number of nitrogens with one attached hydrogen (secondary N) is 3. The van der Waals surface area contributed by atoms with E-state index in [0.717, 1.165) is 0 Å². The second kappa shape index (κ2) is 7.92. The van der Waals surface area contributed by atoms with E-state index in [4.69, 9.17) is 35.4 Å². The molecule has 0 fully saturated rings. The van der Waals surface area contributed by atoms with Crippen LogP contribution >= 0.6 is 35.4 Å². The second-order valence-electron chi connectivity index (χ2n) is 4.38. The van der Waals surface area contributed by atoms with E-state index in [-0.39, 0.29) is 5.11 Å². The quantitative estimate of drug-likeness (QED) is 0.563. The first-order chi connectivity index (χ1) is 11.0. The lowest BCUT2D eigenvalue weighted by Gasteiger charge is -2.11. The van der Waals surface area contributed by atoms with E-state index in [9.17, 15) is 9.59 Å². The molecule has 5 nitrogen and oxygen atoms in total. The van der Waals surface area contributed by atoms with Gasteiger partial charge in [-0.3, -0.25) is 25.8 Å². The van der Waals surface area contributed by atoms with Crippen LogP contribution in [-0.4, -0.2) is 16.9 Å². The smallest absolute Gasteiger partial charge is 0.269 e. The van der Waals surface area contributed by atoms with E-state index >= 15 is 0 Å². The minimum Gasteiger partial charge on any atom is -0.298 e. The molecule has 0 aromatic heterocycles. The van der Waals surface area contributed by atoms with Crippen molar-refractivity contribution in [2.75, 3.05) is 0 Å². The molecular weight excluding hydrogens is 357 g/mol. The highest BCUT2D eigenvalue weighted by Gasteiger charge is 2.09. The maximum absolute atomic E-state index is 11.9. The molecule has 118 valence electrons. The molecule has 0 heterocycles. The molecular formula is C15H11Cl2N3O2S. The Bertz CT molecular complexity index is 751. The Kier molecular flexibility index (Phi) is 5.92. The number of hydrogen-bond acceptors (Lipinski definition) is 3. The first kappa shape index (κ1) is 17.2. The number of hydrogen-bond donors (Lipinski definition) is 3. The van der Waals surface area contributed by atoms with Gasteiger partial charge in [-0.15, -0.1) is 0 Å². The summed E-state index contributed by atoms with van der Waals surface area (Å²) in [6, 6.07) is 12.7. The van der Waals surface area contributed by atoms with Crippen LogP contribution in [0.5, 0.6) is 0 Å². The number of rotatable bonds is 2. The Balaban J connectivity index is 1.86. The van der Waals surface area contributed by atoms with Gasteiger partial charge in [-0.1, -0.05) is 29.3 Å². The van der Waals surface area contributed by atoms with Crippen LogP contribution in [0.1, 0.15) is 20.7 Å². The molecule has 0 aliphatic carbocycles. The average molecular weight is 368 g/mol. The standard InChI is InChI=1S/C15H11Cl2N3O2S/c16-11-6-4-9(5-7-11)14(22)19-20-15(23)18-13(21)10-2-1-3-12(17)8-10/h1-8H,(H,19,22)(H2,18,20,21,23). The molecule has 2 rings (SSSR count). The van der Waals surface area contributed by atoms with E-state index in [1.165, 1.54) is 6.07 Å². The highest BCUT2D eigenvalue weighted by molar-refractivity contribution is 7.80. The van der Waals surface area contributed by atoms with Crippen LogP contribution in [0.2, 0.25) is 10.0 Å². The fourth-order valence-electron chi connectivity index (χ4n) is 1.62. The van der Waals surface area contributed by atoms with Crippen LogP contribution in [-0.2, 0) is 0 Å². The molecule has 0 bridgehead atoms. The maximum atomic E-state index is 11.9. The molecule has 2 amide bonds.